The Bertz CT molecular complexity index is 1140. The first kappa shape index (κ1) is 22.5. The van der Waals surface area contributed by atoms with Crippen molar-refractivity contribution >= 4 is 51.7 Å². The second-order valence-corrected chi connectivity index (χ2v) is 9.29. The molecule has 168 valence electrons. The van der Waals surface area contributed by atoms with Gasteiger partial charge < -0.3 is 14.2 Å². The van der Waals surface area contributed by atoms with Gasteiger partial charge in [0, 0.05) is 37.1 Å². The van der Waals surface area contributed by atoms with Crippen molar-refractivity contribution in [2.75, 3.05) is 37.7 Å². The smallest absolute Gasteiger partial charge is 0.294 e. The van der Waals surface area contributed by atoms with Crippen LogP contribution in [0.4, 0.5) is 11.4 Å². The summed E-state index contributed by atoms with van der Waals surface area (Å²) in [6, 6.07) is 7.31. The minimum atomic E-state index is -0.334. The number of carbonyl (C=O) groups excluding carboxylic acids is 1. The number of amides is 1. The Balaban J connectivity index is 1.72. The van der Waals surface area contributed by atoms with Gasteiger partial charge in [-0.05, 0) is 50.6 Å². The molecule has 0 spiro atoms. The van der Waals surface area contributed by atoms with Crippen LogP contribution in [0.5, 0.6) is 0 Å². The number of aromatic nitrogens is 1. The number of hydrogen-bond acceptors (Lipinski definition) is 7. The number of hydrogen-bond donors (Lipinski definition) is 0. The Hall–Kier alpha value is -2.69. The van der Waals surface area contributed by atoms with E-state index in [1.807, 2.05) is 54.5 Å². The fourth-order valence-corrected chi connectivity index (χ4v) is 5.49. The molecule has 2 fully saturated rings. The summed E-state index contributed by atoms with van der Waals surface area (Å²) in [6.07, 6.45) is 1.85. The minimum absolute atomic E-state index is 0.0715. The number of anilines is 1. The second-order valence-electron chi connectivity index (χ2n) is 7.62. The zero-order valence-electron chi connectivity index (χ0n) is 18.2. The minimum Gasteiger partial charge on any atom is -0.378 e. The molecule has 3 heterocycles. The number of thioether (sulfide) groups is 1. The van der Waals surface area contributed by atoms with E-state index in [4.69, 9.17) is 17.0 Å². The normalized spacial score (nSPS) is 18.2. The van der Waals surface area contributed by atoms with Gasteiger partial charge in [-0.1, -0.05) is 24.0 Å². The molecule has 4 rings (SSSR count). The molecule has 1 aromatic carbocycles. The molecule has 2 aliphatic heterocycles. The van der Waals surface area contributed by atoms with Crippen molar-refractivity contribution < 1.29 is 14.5 Å². The summed E-state index contributed by atoms with van der Waals surface area (Å²) in [4.78, 5) is 28.3. The lowest BCUT2D eigenvalue weighted by Crippen LogP contribution is -2.36. The van der Waals surface area contributed by atoms with E-state index in [2.05, 4.69) is 0 Å². The molecule has 1 amide bonds. The van der Waals surface area contributed by atoms with Gasteiger partial charge in [0.1, 0.15) is 10.0 Å². The van der Waals surface area contributed by atoms with E-state index in [0.717, 1.165) is 17.0 Å². The number of nitro benzene ring substituents is 1. The monoisotopic (exact) mass is 472 g/mol. The number of benzene rings is 1. The molecule has 0 radical (unpaired) electrons. The molecule has 2 saturated heterocycles. The molecule has 2 aliphatic rings. The van der Waals surface area contributed by atoms with Gasteiger partial charge in [0.05, 0.1) is 28.7 Å². The summed E-state index contributed by atoms with van der Waals surface area (Å²) >= 11 is 6.60. The van der Waals surface area contributed by atoms with E-state index in [0.29, 0.717) is 53.4 Å². The van der Waals surface area contributed by atoms with Gasteiger partial charge in [0.15, 0.2) is 0 Å². The molecule has 0 aliphatic carbocycles. The number of rotatable bonds is 5. The SMILES string of the molecule is CCN1C(=O)/C(=C/c2cc(C)n(-c3ccc(N4CCOCC4)c([N+](=O)[O-])c3)c2C)SC1=S. The van der Waals surface area contributed by atoms with E-state index >= 15 is 0 Å². The van der Waals surface area contributed by atoms with Crippen molar-refractivity contribution in [2.24, 2.45) is 0 Å². The van der Waals surface area contributed by atoms with Gasteiger partial charge in [0.2, 0.25) is 0 Å². The Morgan fingerprint density at radius 3 is 2.59 bits per heavy atom. The first-order valence-electron chi connectivity index (χ1n) is 10.4. The van der Waals surface area contributed by atoms with Crippen molar-refractivity contribution in [3.63, 3.8) is 0 Å². The van der Waals surface area contributed by atoms with Crippen molar-refractivity contribution in [2.45, 2.75) is 20.8 Å². The third-order valence-electron chi connectivity index (χ3n) is 5.71. The third-order valence-corrected chi connectivity index (χ3v) is 7.09. The largest absolute Gasteiger partial charge is 0.378 e. The fraction of sp³-hybridized carbons (Fsp3) is 0.364. The molecule has 0 unspecified atom stereocenters. The highest BCUT2D eigenvalue weighted by atomic mass is 32.2. The average Bonchev–Trinajstić information content (AvgIpc) is 3.21. The Morgan fingerprint density at radius 2 is 1.97 bits per heavy atom. The molecule has 2 aromatic rings. The van der Waals surface area contributed by atoms with Crippen LogP contribution in [0, 0.1) is 24.0 Å². The lowest BCUT2D eigenvalue weighted by Gasteiger charge is -2.28. The molecular formula is C22H24N4O4S2. The zero-order chi connectivity index (χ0) is 23.0. The quantitative estimate of drug-likeness (QED) is 0.281. The van der Waals surface area contributed by atoms with E-state index in [-0.39, 0.29) is 16.5 Å². The summed E-state index contributed by atoms with van der Waals surface area (Å²) in [5.41, 5.74) is 4.10. The van der Waals surface area contributed by atoms with Crippen LogP contribution in [0.1, 0.15) is 23.9 Å². The highest BCUT2D eigenvalue weighted by molar-refractivity contribution is 8.26. The number of ether oxygens (including phenoxy) is 1. The first-order chi connectivity index (χ1) is 15.3. The fourth-order valence-electron chi connectivity index (χ4n) is 4.11. The van der Waals surface area contributed by atoms with Crippen molar-refractivity contribution in [1.29, 1.82) is 0 Å². The topological polar surface area (TPSA) is 80.9 Å². The third kappa shape index (κ3) is 4.05. The van der Waals surface area contributed by atoms with E-state index in [1.165, 1.54) is 11.8 Å². The summed E-state index contributed by atoms with van der Waals surface area (Å²) in [5.74, 6) is -0.0854. The molecule has 0 atom stereocenters. The Morgan fingerprint density at radius 1 is 1.25 bits per heavy atom. The number of thiocarbonyl (C=S) groups is 1. The molecule has 0 N–H and O–H groups in total. The summed E-state index contributed by atoms with van der Waals surface area (Å²) in [5, 5.41) is 11.9. The maximum Gasteiger partial charge on any atom is 0.294 e. The van der Waals surface area contributed by atoms with Crippen LogP contribution in [-0.2, 0) is 9.53 Å². The first-order valence-corrected chi connectivity index (χ1v) is 11.6. The standard InChI is InChI=1S/C22H24N4O4S2/c1-4-24-21(27)20(32-22(24)31)12-16-11-14(2)25(15(16)3)17-5-6-18(19(13-17)26(28)29)23-7-9-30-10-8-23/h5-6,11-13H,4,7-10H2,1-3H3/b20-12-. The number of carbonyl (C=O) groups is 1. The highest BCUT2D eigenvalue weighted by Crippen LogP contribution is 2.35. The van der Waals surface area contributed by atoms with E-state index in [9.17, 15) is 14.9 Å². The zero-order valence-corrected chi connectivity index (χ0v) is 19.8. The van der Waals surface area contributed by atoms with E-state index < -0.39 is 0 Å². The van der Waals surface area contributed by atoms with Crippen LogP contribution in [0.15, 0.2) is 29.2 Å². The Labute approximate surface area is 196 Å². The number of aryl methyl sites for hydroxylation is 1. The lowest BCUT2D eigenvalue weighted by atomic mass is 10.2. The highest BCUT2D eigenvalue weighted by Gasteiger charge is 2.31. The van der Waals surface area contributed by atoms with Crippen molar-refractivity contribution in [3.05, 3.63) is 56.2 Å². The van der Waals surface area contributed by atoms with Crippen molar-refractivity contribution in [1.82, 2.24) is 9.47 Å². The molecular weight excluding hydrogens is 448 g/mol. The second kappa shape index (κ2) is 9.05. The number of nitrogens with zero attached hydrogens (tertiary/aromatic N) is 4. The molecule has 32 heavy (non-hydrogen) atoms. The maximum absolute atomic E-state index is 12.6. The summed E-state index contributed by atoms with van der Waals surface area (Å²) in [6.45, 7) is 8.70. The molecule has 8 nitrogen and oxygen atoms in total. The average molecular weight is 473 g/mol. The van der Waals surface area contributed by atoms with Crippen molar-refractivity contribution in [3.8, 4) is 5.69 Å². The predicted octanol–water partition coefficient (Wildman–Crippen LogP) is 4.06. The predicted molar refractivity (Wildman–Crippen MR) is 130 cm³/mol. The molecule has 0 bridgehead atoms. The molecule has 0 saturated carbocycles. The molecule has 10 heteroatoms. The summed E-state index contributed by atoms with van der Waals surface area (Å²) < 4.78 is 7.91. The van der Waals surface area contributed by atoms with Crippen LogP contribution >= 0.6 is 24.0 Å². The van der Waals surface area contributed by atoms with E-state index in [1.54, 1.807) is 11.0 Å². The van der Waals surface area contributed by atoms with Gasteiger partial charge in [0.25, 0.3) is 11.6 Å². The van der Waals surface area contributed by atoms with Gasteiger partial charge in [-0.25, -0.2) is 0 Å². The van der Waals surface area contributed by atoms with Crippen LogP contribution in [-0.4, -0.2) is 57.5 Å². The van der Waals surface area contributed by atoms with Gasteiger partial charge in [-0.3, -0.25) is 19.8 Å². The Kier molecular flexibility index (Phi) is 6.36. The van der Waals surface area contributed by atoms with Crippen LogP contribution in [0.3, 0.4) is 0 Å². The van der Waals surface area contributed by atoms with Gasteiger partial charge in [-0.15, -0.1) is 0 Å². The number of nitro groups is 1. The molecule has 1 aromatic heterocycles. The lowest BCUT2D eigenvalue weighted by molar-refractivity contribution is -0.384. The number of morpholine rings is 1. The van der Waals surface area contributed by atoms with Crippen LogP contribution < -0.4 is 4.90 Å². The van der Waals surface area contributed by atoms with Gasteiger partial charge in [-0.2, -0.15) is 0 Å². The summed E-state index contributed by atoms with van der Waals surface area (Å²) in [7, 11) is 0. The number of likely N-dealkylation sites (N-methyl/N-ethyl adjacent to an activating group) is 1. The maximum atomic E-state index is 12.6. The van der Waals surface area contributed by atoms with Crippen LogP contribution in [0.25, 0.3) is 11.8 Å². The van der Waals surface area contributed by atoms with Crippen LogP contribution in [0.2, 0.25) is 0 Å². The van der Waals surface area contributed by atoms with Gasteiger partial charge >= 0.3 is 0 Å².